The Hall–Kier alpha value is -12.5. The summed E-state index contributed by atoms with van der Waals surface area (Å²) in [6.45, 7) is 11.5. The van der Waals surface area contributed by atoms with Crippen molar-refractivity contribution < 1.29 is 82.5 Å². The lowest BCUT2D eigenvalue weighted by Crippen LogP contribution is -2.49. The number of aliphatic hydroxyl groups excluding tert-OH is 4. The largest absolute Gasteiger partial charge is 0.493 e. The number of benzene rings is 5. The van der Waals surface area contributed by atoms with E-state index in [1.54, 1.807) is 53.2 Å². The summed E-state index contributed by atoms with van der Waals surface area (Å²) in [7, 11) is -11.0. The van der Waals surface area contributed by atoms with Gasteiger partial charge in [-0.15, -0.1) is 61.2 Å². The van der Waals surface area contributed by atoms with Crippen molar-refractivity contribution in [1.82, 2.24) is 122 Å². The Morgan fingerprint density at radius 1 is 0.403 bits per heavy atom. The lowest BCUT2D eigenvalue weighted by atomic mass is 10.1. The first-order valence-corrected chi connectivity index (χ1v) is 54.1. The number of likely N-dealkylation sites (N-methyl/N-ethyl adjacent to an activating group) is 1. The molecule has 0 radical (unpaired) electrons. The van der Waals surface area contributed by atoms with Crippen molar-refractivity contribution in [3.8, 4) is 80.0 Å². The highest BCUT2D eigenvalue weighted by molar-refractivity contribution is 7.90. The molecule has 1 saturated heterocycles. The van der Waals surface area contributed by atoms with Crippen LogP contribution in [0.15, 0.2) is 130 Å². The van der Waals surface area contributed by atoms with E-state index in [0.717, 1.165) is 113 Å². The Morgan fingerprint density at radius 2 is 0.736 bits per heavy atom. The van der Waals surface area contributed by atoms with E-state index in [0.29, 0.717) is 146 Å². The number of sulfonamides is 4. The molecule has 0 spiro atoms. The number of aromatic amines is 4. The third-order valence-corrected chi connectivity index (χ3v) is 33.2. The lowest BCUT2D eigenvalue weighted by Gasteiger charge is -2.33. The van der Waals surface area contributed by atoms with Crippen LogP contribution in [0.1, 0.15) is 196 Å². The van der Waals surface area contributed by atoms with Crippen LogP contribution in [0.3, 0.4) is 0 Å². The first-order chi connectivity index (χ1) is 69.4. The fourth-order valence-corrected chi connectivity index (χ4v) is 23.9. The second-order valence-electron chi connectivity index (χ2n) is 35.2. The Bertz CT molecular complexity index is 7440. The number of H-pyrrole nitrogens is 4. The molecule has 13 aromatic rings. The second-order valence-corrected chi connectivity index (χ2v) is 42.8. The molecule has 18 rings (SSSR count). The van der Waals surface area contributed by atoms with Gasteiger partial charge in [0.1, 0.15) is 23.0 Å². The fourth-order valence-electron chi connectivity index (χ4n) is 18.4. The van der Waals surface area contributed by atoms with E-state index in [1.165, 1.54) is 94.4 Å². The monoisotopic (exact) mass is 2070 g/mol. The highest BCUT2D eigenvalue weighted by Crippen LogP contribution is 2.41. The number of piperazine rings is 1. The molecule has 8 aromatic heterocycles. The Balaban J connectivity index is 0.000000145. The molecule has 0 bridgehead atoms. The normalized spacial score (nSPS) is 15.8. The van der Waals surface area contributed by atoms with Crippen LogP contribution in [0.2, 0.25) is 0 Å². The third kappa shape index (κ3) is 23.2. The molecule has 0 amide bonds. The average Bonchev–Trinajstić information content (AvgIpc) is 1.67. The number of nitrogens with one attached hydrogen (secondary N) is 5. The summed E-state index contributed by atoms with van der Waals surface area (Å²) >= 11 is 0. The van der Waals surface area contributed by atoms with E-state index in [9.17, 15) is 68.2 Å². The van der Waals surface area contributed by atoms with Gasteiger partial charge in [0.25, 0.3) is 22.2 Å². The van der Waals surface area contributed by atoms with E-state index < -0.39 is 81.6 Å². The van der Waals surface area contributed by atoms with Crippen LogP contribution in [0.4, 0.5) is 0 Å². The Morgan fingerprint density at radius 3 is 1.07 bits per heavy atom. The van der Waals surface area contributed by atoms with Crippen molar-refractivity contribution in [3.63, 3.8) is 0 Å². The van der Waals surface area contributed by atoms with Gasteiger partial charge in [-0.2, -0.15) is 26.7 Å². The van der Waals surface area contributed by atoms with Gasteiger partial charge < -0.3 is 68.8 Å². The molecule has 1 aliphatic heterocycles. The first-order valence-electron chi connectivity index (χ1n) is 48.3. The van der Waals surface area contributed by atoms with Gasteiger partial charge in [0, 0.05) is 89.1 Å². The molecule has 5 fully saturated rings. The molecule has 144 heavy (non-hydrogen) atoms. The number of aromatic nitrogens is 20. The molecule has 47 nitrogen and oxygen atoms in total. The predicted molar refractivity (Wildman–Crippen MR) is 527 cm³/mol. The zero-order chi connectivity index (χ0) is 102. The van der Waals surface area contributed by atoms with Crippen molar-refractivity contribution in [2.45, 2.75) is 199 Å². The van der Waals surface area contributed by atoms with Gasteiger partial charge in [0.2, 0.25) is 62.7 Å². The van der Waals surface area contributed by atoms with E-state index in [4.69, 9.17) is 33.5 Å². The molecule has 9 N–H and O–H groups in total. The average molecular weight is 2070 g/mol. The molecular weight excluding hydrogens is 1950 g/mol. The van der Waals surface area contributed by atoms with E-state index in [-0.39, 0.29) is 128 Å². The van der Waals surface area contributed by atoms with E-state index in [1.807, 2.05) is 30.9 Å². The predicted octanol–water partition coefficient (Wildman–Crippen LogP) is 6.35. The van der Waals surface area contributed by atoms with Gasteiger partial charge in [-0.1, -0.05) is 64.4 Å². The first kappa shape index (κ1) is 106. The number of β-amino-alcohol motifs (C(OH)–C–C–N with tert-alkyl or cyclic N) is 1. The Labute approximate surface area is 829 Å². The molecular formula is C93H121N25O22S4. The standard InChI is InChI=1S/C28H34N6O6S.C23H31N7O5S.C21H28N6O6S.C21H28N6O5S/c1-5-40-22-13-11-20(41(36,37)33(2)15-14-18-10-12-23(38-3)24(16-18)39-4)17-21(22)25-29-28(35)27-31-30-26(34(27)32-25)19-8-6-7-9-19;1-2-35-19-8-7-17(36(33,34)29-11-9-28(10-12-29)13-14-31)15-18(19)20-24-23(32)22-26-25-21(30(22)27-20)16-5-3-4-6-16;1-2-33-17-8-7-15(34(31,32)26(9-11-28)10-12-29)13-16(17)18-22-21(30)20-24-23-19(27(20)25-18)14-5-3-4-6-14;1-3-14(12-28)26-33(30,31)15-9-10-17(32-4-2)16(11-15)18-22-21(29)20-24-23-19(27(20)25-18)13-7-5-6-8-13/h10-13,16-17,19H,5-9,14-15H2,1-4H3,(H,29,32,35);7-8,15-16,31H,2-6,9-14H2,1H3,(H,24,27,32);7-8,13-14,28-29H,2-6,9-12H2,1H3,(H,22,25,30);9-11,13-14,26,28H,3-8,12H2,1-2H3,(H,22,25,29). The molecule has 5 aromatic carbocycles. The topological polar surface area (TPSA) is 602 Å². The smallest absolute Gasteiger partial charge is 0.296 e. The quantitative estimate of drug-likeness (QED) is 0.0203. The minimum Gasteiger partial charge on any atom is -0.493 e. The maximum atomic E-state index is 13.6. The molecule has 4 aliphatic carbocycles. The second kappa shape index (κ2) is 47.1. The van der Waals surface area contributed by atoms with Crippen molar-refractivity contribution >= 4 is 62.7 Å². The van der Waals surface area contributed by atoms with Crippen molar-refractivity contribution in [2.75, 3.05) is 126 Å². The number of methoxy groups -OCH3 is 2. The maximum absolute atomic E-state index is 13.6. The number of aliphatic hydroxyl groups is 4. The third-order valence-electron chi connectivity index (χ3n) is 26.0. The van der Waals surface area contributed by atoms with Crippen LogP contribution < -0.4 is 55.4 Å². The van der Waals surface area contributed by atoms with E-state index >= 15 is 0 Å². The number of nitrogens with zero attached hydrogens (tertiary/aromatic N) is 20. The minimum atomic E-state index is -4.04. The number of hydrogen-bond donors (Lipinski definition) is 9. The van der Waals surface area contributed by atoms with Crippen LogP contribution in [0.5, 0.6) is 34.5 Å². The van der Waals surface area contributed by atoms with E-state index in [2.05, 4.69) is 85.8 Å². The zero-order valence-corrected chi connectivity index (χ0v) is 84.6. The van der Waals surface area contributed by atoms with Gasteiger partial charge in [-0.25, -0.2) is 42.7 Å². The van der Waals surface area contributed by atoms with Crippen molar-refractivity contribution in [3.05, 3.63) is 161 Å². The molecule has 1 atom stereocenters. The van der Waals surface area contributed by atoms with Gasteiger partial charge in [0.05, 0.1) is 109 Å². The summed E-state index contributed by atoms with van der Waals surface area (Å²) in [6.07, 6.45) is 17.2. The minimum absolute atomic E-state index is 0.0321. The SMILES string of the molecule is CCOc1ccc(S(=O)(=O)N(C)CCc2ccc(OC)c(OC)c2)cc1-c1nn2c(C3CCCC3)nnc2c(=O)[nH]1.CCOc1ccc(S(=O)(=O)N(CCO)CCO)cc1-c1nn2c(C3CCCC3)nnc2c(=O)[nH]1.CCOc1ccc(S(=O)(=O)N2CCN(CCO)CC2)cc1-c1nn2c(C3CCCC3)nnc2c(=O)[nH]1.CCOc1ccc(S(=O)(=O)NC(CC)CO)cc1-c1nn2c(C3CCCC3)nnc2c(=O)[nH]1. The maximum Gasteiger partial charge on any atom is 0.296 e. The van der Waals surface area contributed by atoms with Gasteiger partial charge >= 0.3 is 0 Å². The Kier molecular flexibility index (Phi) is 34.6. The van der Waals surface area contributed by atoms with Crippen LogP contribution in [0, 0.1) is 0 Å². The van der Waals surface area contributed by atoms with Crippen LogP contribution in [-0.4, -0.2) is 304 Å². The molecule has 4 saturated carbocycles. The number of hydrogen-bond acceptors (Lipinski definition) is 35. The number of fused-ring (bicyclic) bond motifs is 4. The zero-order valence-electron chi connectivity index (χ0n) is 81.3. The highest BCUT2D eigenvalue weighted by Gasteiger charge is 2.36. The fraction of sp³-hybridized carbons (Fsp3) is 0.505. The summed E-state index contributed by atoms with van der Waals surface area (Å²) in [5, 5.41) is 88.6. The molecule has 1 unspecified atom stereocenters. The number of ether oxygens (including phenoxy) is 6. The summed E-state index contributed by atoms with van der Waals surface area (Å²) in [6, 6.07) is 22.7. The van der Waals surface area contributed by atoms with Crippen LogP contribution >= 0.6 is 0 Å². The van der Waals surface area contributed by atoms with Crippen LogP contribution in [0.25, 0.3) is 68.1 Å². The summed E-state index contributed by atoms with van der Waals surface area (Å²) in [5.41, 5.74) is 0.728. The summed E-state index contributed by atoms with van der Waals surface area (Å²) in [4.78, 5) is 64.3. The van der Waals surface area contributed by atoms with Crippen molar-refractivity contribution in [2.24, 2.45) is 0 Å². The molecule has 51 heteroatoms. The lowest BCUT2D eigenvalue weighted by molar-refractivity contribution is 0.151. The molecule has 774 valence electrons. The van der Waals surface area contributed by atoms with Crippen molar-refractivity contribution in [1.29, 1.82) is 0 Å². The summed E-state index contributed by atoms with van der Waals surface area (Å²) < 4.78 is 152. The molecule has 9 heterocycles. The molecule has 5 aliphatic rings. The summed E-state index contributed by atoms with van der Waals surface area (Å²) in [5.74, 6) is 6.58. The van der Waals surface area contributed by atoms with Crippen LogP contribution in [-0.2, 0) is 46.5 Å². The van der Waals surface area contributed by atoms with Gasteiger partial charge in [0.15, 0.2) is 58.1 Å². The van der Waals surface area contributed by atoms with Gasteiger partial charge in [-0.05, 0) is 182 Å². The van der Waals surface area contributed by atoms with Gasteiger partial charge in [-0.3, -0.25) is 24.1 Å². The number of rotatable bonds is 38. The highest BCUT2D eigenvalue weighted by atomic mass is 32.2.